The molecule has 116 valence electrons. The van der Waals surface area contributed by atoms with Crippen molar-refractivity contribution in [1.82, 2.24) is 10.2 Å². The first kappa shape index (κ1) is 14.9. The third kappa shape index (κ3) is 3.98. The molecule has 1 saturated heterocycles. The van der Waals surface area contributed by atoms with Crippen molar-refractivity contribution in [2.24, 2.45) is 0 Å². The Morgan fingerprint density at radius 3 is 3.24 bits per heavy atom. The van der Waals surface area contributed by atoms with Gasteiger partial charge in [0.1, 0.15) is 5.75 Å². The van der Waals surface area contributed by atoms with Crippen LogP contribution in [0.3, 0.4) is 0 Å². The number of benzene rings is 1. The van der Waals surface area contributed by atoms with Gasteiger partial charge in [-0.3, -0.25) is 0 Å². The average Bonchev–Trinajstić information content (AvgIpc) is 2.99. The molecule has 1 aromatic rings. The summed E-state index contributed by atoms with van der Waals surface area (Å²) in [7, 11) is 0. The van der Waals surface area contributed by atoms with Gasteiger partial charge in [0.15, 0.2) is 0 Å². The minimum Gasteiger partial charge on any atom is -0.493 e. The Balaban J connectivity index is 1.48. The van der Waals surface area contributed by atoms with Crippen LogP contribution in [0.2, 0.25) is 0 Å². The molecule has 1 atom stereocenters. The standard InChI is InChI=1S/C18H28N2O/c1-2-9-19-17-4-3-10-20(14-17)11-7-15-5-6-18-16(13-15)8-12-21-18/h5-6,13,17,19H,2-4,7-12,14H2,1H3. The van der Waals surface area contributed by atoms with Gasteiger partial charge >= 0.3 is 0 Å². The fourth-order valence-corrected chi connectivity index (χ4v) is 3.46. The summed E-state index contributed by atoms with van der Waals surface area (Å²) < 4.78 is 5.58. The molecule has 2 heterocycles. The van der Waals surface area contributed by atoms with Crippen LogP contribution in [-0.4, -0.2) is 43.7 Å². The summed E-state index contributed by atoms with van der Waals surface area (Å²) >= 11 is 0. The molecule has 0 aromatic heterocycles. The van der Waals surface area contributed by atoms with Crippen molar-refractivity contribution < 1.29 is 4.74 Å². The fourth-order valence-electron chi connectivity index (χ4n) is 3.46. The summed E-state index contributed by atoms with van der Waals surface area (Å²) in [6, 6.07) is 7.44. The van der Waals surface area contributed by atoms with Crippen molar-refractivity contribution in [2.75, 3.05) is 32.8 Å². The Labute approximate surface area is 128 Å². The van der Waals surface area contributed by atoms with E-state index in [2.05, 4.69) is 35.3 Å². The van der Waals surface area contributed by atoms with Gasteiger partial charge in [-0.15, -0.1) is 0 Å². The van der Waals surface area contributed by atoms with Crippen LogP contribution in [0.1, 0.15) is 37.3 Å². The van der Waals surface area contributed by atoms with Crippen molar-refractivity contribution in [3.05, 3.63) is 29.3 Å². The van der Waals surface area contributed by atoms with Crippen LogP contribution in [-0.2, 0) is 12.8 Å². The minimum absolute atomic E-state index is 0.701. The lowest BCUT2D eigenvalue weighted by molar-refractivity contribution is 0.193. The van der Waals surface area contributed by atoms with Crippen LogP contribution in [0.4, 0.5) is 0 Å². The number of ether oxygens (including phenoxy) is 1. The zero-order chi connectivity index (χ0) is 14.5. The Kier molecular flexibility index (Phi) is 5.15. The summed E-state index contributed by atoms with van der Waals surface area (Å²) in [5.74, 6) is 1.10. The summed E-state index contributed by atoms with van der Waals surface area (Å²) in [6.45, 7) is 7.92. The van der Waals surface area contributed by atoms with Gasteiger partial charge in [-0.2, -0.15) is 0 Å². The highest BCUT2D eigenvalue weighted by Gasteiger charge is 2.19. The van der Waals surface area contributed by atoms with Crippen molar-refractivity contribution >= 4 is 0 Å². The Morgan fingerprint density at radius 1 is 1.38 bits per heavy atom. The van der Waals surface area contributed by atoms with E-state index in [0.29, 0.717) is 6.04 Å². The predicted octanol–water partition coefficient (Wildman–Crippen LogP) is 2.63. The molecule has 0 radical (unpaired) electrons. The Bertz CT molecular complexity index is 461. The quantitative estimate of drug-likeness (QED) is 0.871. The van der Waals surface area contributed by atoms with Crippen molar-refractivity contribution in [3.63, 3.8) is 0 Å². The van der Waals surface area contributed by atoms with E-state index in [0.717, 1.165) is 31.7 Å². The molecular formula is C18H28N2O. The van der Waals surface area contributed by atoms with Gasteiger partial charge in [0.2, 0.25) is 0 Å². The number of nitrogens with zero attached hydrogens (tertiary/aromatic N) is 1. The number of hydrogen-bond acceptors (Lipinski definition) is 3. The van der Waals surface area contributed by atoms with Gasteiger partial charge < -0.3 is 15.0 Å². The topological polar surface area (TPSA) is 24.5 Å². The van der Waals surface area contributed by atoms with E-state index >= 15 is 0 Å². The first-order valence-electron chi connectivity index (χ1n) is 8.55. The minimum atomic E-state index is 0.701. The highest BCUT2D eigenvalue weighted by atomic mass is 16.5. The molecule has 1 fully saturated rings. The molecule has 2 aliphatic rings. The van der Waals surface area contributed by atoms with Crippen LogP contribution in [0.25, 0.3) is 0 Å². The van der Waals surface area contributed by atoms with Crippen molar-refractivity contribution in [1.29, 1.82) is 0 Å². The second-order valence-corrected chi connectivity index (χ2v) is 6.38. The third-order valence-corrected chi connectivity index (χ3v) is 4.66. The molecule has 0 amide bonds. The largest absolute Gasteiger partial charge is 0.493 e. The highest BCUT2D eigenvalue weighted by molar-refractivity contribution is 5.39. The van der Waals surface area contributed by atoms with Gasteiger partial charge in [0.25, 0.3) is 0 Å². The molecular weight excluding hydrogens is 260 g/mol. The lowest BCUT2D eigenvalue weighted by atomic mass is 10.0. The van der Waals surface area contributed by atoms with Crippen LogP contribution in [0, 0.1) is 0 Å². The smallest absolute Gasteiger partial charge is 0.122 e. The molecule has 0 spiro atoms. The maximum Gasteiger partial charge on any atom is 0.122 e. The maximum atomic E-state index is 5.58. The first-order chi connectivity index (χ1) is 10.3. The third-order valence-electron chi connectivity index (χ3n) is 4.66. The summed E-state index contributed by atoms with van der Waals surface area (Å²) in [5, 5.41) is 3.68. The summed E-state index contributed by atoms with van der Waals surface area (Å²) in [6.07, 6.45) is 6.14. The van der Waals surface area contributed by atoms with E-state index in [1.165, 1.54) is 50.0 Å². The fraction of sp³-hybridized carbons (Fsp3) is 0.667. The Morgan fingerprint density at radius 2 is 2.33 bits per heavy atom. The number of hydrogen-bond donors (Lipinski definition) is 1. The van der Waals surface area contributed by atoms with E-state index in [9.17, 15) is 0 Å². The first-order valence-corrected chi connectivity index (χ1v) is 8.55. The SMILES string of the molecule is CCCNC1CCCN(CCc2ccc3c(c2)CCO3)C1. The van der Waals surface area contributed by atoms with Crippen LogP contribution in [0.15, 0.2) is 18.2 Å². The van der Waals surface area contributed by atoms with Gasteiger partial charge in [0, 0.05) is 25.6 Å². The van der Waals surface area contributed by atoms with E-state index in [-0.39, 0.29) is 0 Å². The zero-order valence-corrected chi connectivity index (χ0v) is 13.2. The molecule has 3 nitrogen and oxygen atoms in total. The van der Waals surface area contributed by atoms with Crippen LogP contribution < -0.4 is 10.1 Å². The maximum absolute atomic E-state index is 5.58. The van der Waals surface area contributed by atoms with Crippen LogP contribution in [0.5, 0.6) is 5.75 Å². The van der Waals surface area contributed by atoms with Crippen molar-refractivity contribution in [3.8, 4) is 5.75 Å². The molecule has 0 saturated carbocycles. The molecule has 1 aromatic carbocycles. The van der Waals surface area contributed by atoms with E-state index in [1.807, 2.05) is 0 Å². The molecule has 21 heavy (non-hydrogen) atoms. The van der Waals surface area contributed by atoms with Crippen molar-refractivity contribution in [2.45, 2.75) is 45.1 Å². The number of piperidine rings is 1. The number of fused-ring (bicyclic) bond motifs is 1. The highest BCUT2D eigenvalue weighted by Crippen LogP contribution is 2.26. The summed E-state index contributed by atoms with van der Waals surface area (Å²) in [4.78, 5) is 2.63. The number of rotatable bonds is 6. The van der Waals surface area contributed by atoms with Gasteiger partial charge in [-0.1, -0.05) is 19.1 Å². The predicted molar refractivity (Wildman–Crippen MR) is 87.1 cm³/mol. The van der Waals surface area contributed by atoms with Gasteiger partial charge in [-0.05, 0) is 56.0 Å². The molecule has 0 aliphatic carbocycles. The second-order valence-electron chi connectivity index (χ2n) is 6.38. The molecule has 2 aliphatic heterocycles. The molecule has 0 bridgehead atoms. The number of nitrogens with one attached hydrogen (secondary N) is 1. The lowest BCUT2D eigenvalue weighted by Gasteiger charge is -2.33. The van der Waals surface area contributed by atoms with Crippen LogP contribution >= 0.6 is 0 Å². The zero-order valence-electron chi connectivity index (χ0n) is 13.2. The normalized spacial score (nSPS) is 22.0. The lowest BCUT2D eigenvalue weighted by Crippen LogP contribution is -2.46. The molecule has 3 heteroatoms. The molecule has 1 unspecified atom stereocenters. The monoisotopic (exact) mass is 288 g/mol. The summed E-state index contributed by atoms with van der Waals surface area (Å²) in [5.41, 5.74) is 2.86. The average molecular weight is 288 g/mol. The van der Waals surface area contributed by atoms with E-state index in [4.69, 9.17) is 4.74 Å². The van der Waals surface area contributed by atoms with E-state index < -0.39 is 0 Å². The molecule has 1 N–H and O–H groups in total. The second kappa shape index (κ2) is 7.28. The van der Waals surface area contributed by atoms with Gasteiger partial charge in [0.05, 0.1) is 6.61 Å². The van der Waals surface area contributed by atoms with E-state index in [1.54, 1.807) is 0 Å². The van der Waals surface area contributed by atoms with Gasteiger partial charge in [-0.25, -0.2) is 0 Å². The number of likely N-dealkylation sites (tertiary alicyclic amines) is 1. The molecule has 3 rings (SSSR count). The Hall–Kier alpha value is -1.06.